The van der Waals surface area contributed by atoms with Crippen LogP contribution in [0.15, 0.2) is 58.4 Å². The van der Waals surface area contributed by atoms with Crippen molar-refractivity contribution in [1.29, 1.82) is 0 Å². The average molecular weight is 465 g/mol. The zero-order chi connectivity index (χ0) is 23.2. The van der Waals surface area contributed by atoms with Gasteiger partial charge in [-0.1, -0.05) is 56.5 Å². The Morgan fingerprint density at radius 2 is 1.88 bits per heavy atom. The summed E-state index contributed by atoms with van der Waals surface area (Å²) in [5.41, 5.74) is 2.93. The van der Waals surface area contributed by atoms with Gasteiger partial charge in [-0.05, 0) is 66.4 Å². The standard InChI is InChI=1S/C26H28N2O4S/c1-2-19-8-6-7-11-22(19)27-26-28(20-9-4-3-5-10-20)25(31)23(33-26)16-18-12-14-21(15-13-18)32-17-24(29)30/h6-8,11-16,20H,2-5,9-10,17H2,1H3,(H,29,30)/b23-16+,27-26?. The largest absolute Gasteiger partial charge is 0.482 e. The molecule has 2 aromatic rings. The maximum absolute atomic E-state index is 13.5. The molecule has 4 rings (SSSR count). The minimum atomic E-state index is -1.02. The summed E-state index contributed by atoms with van der Waals surface area (Å²) in [5.74, 6) is -0.536. The van der Waals surface area contributed by atoms with E-state index in [4.69, 9.17) is 14.8 Å². The van der Waals surface area contributed by atoms with Crippen LogP contribution in [0.1, 0.15) is 50.2 Å². The third-order valence-electron chi connectivity index (χ3n) is 5.91. The number of hydrogen-bond acceptors (Lipinski definition) is 5. The van der Waals surface area contributed by atoms with Crippen molar-refractivity contribution in [2.75, 3.05) is 6.61 Å². The van der Waals surface area contributed by atoms with Gasteiger partial charge in [0.1, 0.15) is 5.75 Å². The van der Waals surface area contributed by atoms with Gasteiger partial charge in [0.15, 0.2) is 11.8 Å². The second-order valence-corrected chi connectivity index (χ2v) is 9.21. The highest BCUT2D eigenvalue weighted by atomic mass is 32.2. The van der Waals surface area contributed by atoms with Gasteiger partial charge in [0.25, 0.3) is 5.91 Å². The van der Waals surface area contributed by atoms with E-state index in [1.165, 1.54) is 18.2 Å². The van der Waals surface area contributed by atoms with Crippen molar-refractivity contribution in [3.05, 3.63) is 64.6 Å². The lowest BCUT2D eigenvalue weighted by molar-refractivity contribution is -0.139. The number of rotatable bonds is 7. The number of ether oxygens (including phenoxy) is 1. The highest BCUT2D eigenvalue weighted by molar-refractivity contribution is 8.18. The fourth-order valence-corrected chi connectivity index (χ4v) is 5.26. The molecule has 172 valence electrons. The number of benzene rings is 2. The van der Waals surface area contributed by atoms with Crippen molar-refractivity contribution in [1.82, 2.24) is 4.90 Å². The summed E-state index contributed by atoms with van der Waals surface area (Å²) >= 11 is 1.43. The lowest BCUT2D eigenvalue weighted by Gasteiger charge is -2.30. The van der Waals surface area contributed by atoms with Gasteiger partial charge in [-0.15, -0.1) is 0 Å². The van der Waals surface area contributed by atoms with Gasteiger partial charge in [-0.2, -0.15) is 0 Å². The smallest absolute Gasteiger partial charge is 0.341 e. The Kier molecular flexibility index (Phi) is 7.50. The average Bonchev–Trinajstić information content (AvgIpc) is 3.13. The van der Waals surface area contributed by atoms with Crippen LogP contribution in [-0.4, -0.2) is 39.7 Å². The van der Waals surface area contributed by atoms with Gasteiger partial charge in [-0.3, -0.25) is 9.69 Å². The molecule has 1 saturated carbocycles. The first-order valence-corrected chi connectivity index (χ1v) is 12.2. The number of para-hydroxylation sites is 1. The number of thioether (sulfide) groups is 1. The van der Waals surface area contributed by atoms with E-state index in [-0.39, 0.29) is 18.6 Å². The lowest BCUT2D eigenvalue weighted by Crippen LogP contribution is -2.40. The molecule has 2 aliphatic rings. The van der Waals surface area contributed by atoms with Crippen LogP contribution < -0.4 is 4.74 Å². The zero-order valence-corrected chi connectivity index (χ0v) is 19.5. The maximum atomic E-state index is 13.5. The molecule has 0 bridgehead atoms. The predicted molar refractivity (Wildman–Crippen MR) is 132 cm³/mol. The van der Waals surface area contributed by atoms with E-state index in [0.717, 1.165) is 54.1 Å². The van der Waals surface area contributed by atoms with E-state index in [1.54, 1.807) is 12.1 Å². The minimum Gasteiger partial charge on any atom is -0.482 e. The number of amides is 1. The molecular formula is C26H28N2O4S. The van der Waals surface area contributed by atoms with Crippen LogP contribution in [0.5, 0.6) is 5.75 Å². The Balaban J connectivity index is 1.62. The number of carboxylic acids is 1. The first-order chi connectivity index (χ1) is 16.0. The maximum Gasteiger partial charge on any atom is 0.341 e. The molecular weight excluding hydrogens is 436 g/mol. The number of aliphatic carboxylic acids is 1. The molecule has 1 aliphatic carbocycles. The molecule has 0 aromatic heterocycles. The van der Waals surface area contributed by atoms with E-state index >= 15 is 0 Å². The lowest BCUT2D eigenvalue weighted by atomic mass is 9.94. The fraction of sp³-hybridized carbons (Fsp3) is 0.346. The van der Waals surface area contributed by atoms with Gasteiger partial charge in [0.2, 0.25) is 0 Å². The third kappa shape index (κ3) is 5.66. The summed E-state index contributed by atoms with van der Waals surface area (Å²) < 4.78 is 5.20. The van der Waals surface area contributed by atoms with Crippen molar-refractivity contribution >= 4 is 40.6 Å². The van der Waals surface area contributed by atoms with Crippen molar-refractivity contribution < 1.29 is 19.4 Å². The highest BCUT2D eigenvalue weighted by Crippen LogP contribution is 2.39. The van der Waals surface area contributed by atoms with E-state index in [2.05, 4.69) is 13.0 Å². The van der Waals surface area contributed by atoms with Gasteiger partial charge in [-0.25, -0.2) is 9.79 Å². The van der Waals surface area contributed by atoms with E-state index < -0.39 is 5.97 Å². The molecule has 0 unspecified atom stereocenters. The third-order valence-corrected chi connectivity index (χ3v) is 6.89. The van der Waals surface area contributed by atoms with Gasteiger partial charge >= 0.3 is 5.97 Å². The van der Waals surface area contributed by atoms with Crippen LogP contribution in [0.2, 0.25) is 0 Å². The number of hydrogen-bond donors (Lipinski definition) is 1. The Hall–Kier alpha value is -3.06. The monoisotopic (exact) mass is 464 g/mol. The molecule has 1 heterocycles. The molecule has 33 heavy (non-hydrogen) atoms. The first-order valence-electron chi connectivity index (χ1n) is 11.4. The molecule has 0 atom stereocenters. The fourth-order valence-electron chi connectivity index (χ4n) is 4.20. The Morgan fingerprint density at radius 3 is 2.58 bits per heavy atom. The van der Waals surface area contributed by atoms with Crippen LogP contribution in [0.25, 0.3) is 6.08 Å². The van der Waals surface area contributed by atoms with Crippen LogP contribution in [0.3, 0.4) is 0 Å². The Morgan fingerprint density at radius 1 is 1.15 bits per heavy atom. The molecule has 0 radical (unpaired) electrons. The number of aliphatic imine (C=N–C) groups is 1. The van der Waals surface area contributed by atoms with Crippen molar-refractivity contribution in [3.8, 4) is 5.75 Å². The molecule has 2 fully saturated rings. The van der Waals surface area contributed by atoms with Gasteiger partial charge in [0.05, 0.1) is 10.6 Å². The normalized spacial score (nSPS) is 19.4. The molecule has 1 saturated heterocycles. The number of aryl methyl sites for hydroxylation is 1. The van der Waals surface area contributed by atoms with Crippen LogP contribution >= 0.6 is 11.8 Å². The summed E-state index contributed by atoms with van der Waals surface area (Å²) in [6.07, 6.45) is 8.25. The predicted octanol–water partition coefficient (Wildman–Crippen LogP) is 5.65. The number of amidine groups is 1. The van der Waals surface area contributed by atoms with Gasteiger partial charge in [0, 0.05) is 6.04 Å². The molecule has 1 N–H and O–H groups in total. The quantitative estimate of drug-likeness (QED) is 0.536. The minimum absolute atomic E-state index is 0.00540. The Labute approximate surface area is 198 Å². The van der Waals surface area contributed by atoms with E-state index in [1.807, 2.05) is 41.3 Å². The number of carbonyl (C=O) groups excluding carboxylic acids is 1. The van der Waals surface area contributed by atoms with Crippen LogP contribution in [0.4, 0.5) is 5.69 Å². The topological polar surface area (TPSA) is 79.2 Å². The van der Waals surface area contributed by atoms with Crippen molar-refractivity contribution in [3.63, 3.8) is 0 Å². The summed E-state index contributed by atoms with van der Waals surface area (Å²) in [6.45, 7) is 1.73. The van der Waals surface area contributed by atoms with Crippen molar-refractivity contribution in [2.24, 2.45) is 4.99 Å². The SMILES string of the molecule is CCc1ccccc1N=C1S/C(=C/c2ccc(OCC(=O)O)cc2)C(=O)N1C1CCCCC1. The molecule has 2 aromatic carbocycles. The van der Waals surface area contributed by atoms with E-state index in [9.17, 15) is 9.59 Å². The number of carboxylic acid groups (broad SMARTS) is 1. The van der Waals surface area contributed by atoms with Gasteiger partial charge < -0.3 is 9.84 Å². The molecule has 6 nitrogen and oxygen atoms in total. The summed E-state index contributed by atoms with van der Waals surface area (Å²) in [4.78, 5) is 31.7. The van der Waals surface area contributed by atoms with Crippen LogP contribution in [-0.2, 0) is 16.0 Å². The van der Waals surface area contributed by atoms with Crippen molar-refractivity contribution in [2.45, 2.75) is 51.5 Å². The van der Waals surface area contributed by atoms with E-state index in [0.29, 0.717) is 10.7 Å². The highest BCUT2D eigenvalue weighted by Gasteiger charge is 2.38. The Bertz CT molecular complexity index is 1070. The first kappa shape index (κ1) is 23.1. The second-order valence-electron chi connectivity index (χ2n) is 8.21. The molecule has 0 spiro atoms. The summed E-state index contributed by atoms with van der Waals surface area (Å²) in [5, 5.41) is 9.50. The summed E-state index contributed by atoms with van der Waals surface area (Å²) in [7, 11) is 0. The molecule has 7 heteroatoms. The molecule has 1 amide bonds. The zero-order valence-electron chi connectivity index (χ0n) is 18.7. The molecule has 1 aliphatic heterocycles. The number of nitrogens with zero attached hydrogens (tertiary/aromatic N) is 2. The summed E-state index contributed by atoms with van der Waals surface area (Å²) in [6, 6.07) is 15.3. The second kappa shape index (κ2) is 10.7. The number of carbonyl (C=O) groups is 2. The van der Waals surface area contributed by atoms with Crippen LogP contribution in [0, 0.1) is 0 Å².